The van der Waals surface area contributed by atoms with E-state index in [4.69, 9.17) is 0 Å². The average Bonchev–Trinajstić information content (AvgIpc) is 3.14. The molecule has 1 N–H and O–H groups in total. The largest absolute Gasteiger partial charge is 0.416 e. The van der Waals surface area contributed by atoms with Gasteiger partial charge in [-0.3, -0.25) is 9.48 Å². The maximum atomic E-state index is 12.9. The smallest absolute Gasteiger partial charge is 0.343 e. The molecule has 1 amide bonds. The summed E-state index contributed by atoms with van der Waals surface area (Å²) in [7, 11) is 0. The third-order valence-corrected chi connectivity index (χ3v) is 3.80. The van der Waals surface area contributed by atoms with Crippen LogP contribution in [0.4, 0.5) is 13.2 Å². The second-order valence-electron chi connectivity index (χ2n) is 5.63. The summed E-state index contributed by atoms with van der Waals surface area (Å²) in [5.74, 6) is -0.593. The number of rotatable bonds is 5. The summed E-state index contributed by atoms with van der Waals surface area (Å²) in [6.07, 6.45) is -1.63. The van der Waals surface area contributed by atoms with Crippen LogP contribution in [0.5, 0.6) is 0 Å². The Kier molecular flexibility index (Phi) is 5.01. The molecule has 0 aliphatic heterocycles. The minimum atomic E-state index is -4.50. The maximum Gasteiger partial charge on any atom is 0.416 e. The molecule has 0 saturated heterocycles. The van der Waals surface area contributed by atoms with Crippen LogP contribution in [-0.2, 0) is 12.7 Å². The quantitative estimate of drug-likeness (QED) is 0.758. The molecule has 0 aliphatic rings. The van der Waals surface area contributed by atoms with E-state index in [1.807, 2.05) is 30.3 Å². The van der Waals surface area contributed by atoms with Crippen molar-refractivity contribution in [3.05, 3.63) is 83.9 Å². The van der Waals surface area contributed by atoms with Crippen molar-refractivity contribution in [2.24, 2.45) is 0 Å². The van der Waals surface area contributed by atoms with Gasteiger partial charge in [0.05, 0.1) is 18.2 Å². The van der Waals surface area contributed by atoms with Gasteiger partial charge in [0.25, 0.3) is 5.91 Å². The first-order valence-electron chi connectivity index (χ1n) is 7.79. The van der Waals surface area contributed by atoms with Crippen LogP contribution >= 0.6 is 0 Å². The molecule has 1 aromatic heterocycles. The Morgan fingerprint density at radius 2 is 1.88 bits per heavy atom. The van der Waals surface area contributed by atoms with Crippen LogP contribution in [0.3, 0.4) is 0 Å². The van der Waals surface area contributed by atoms with Crippen LogP contribution in [0.25, 0.3) is 0 Å². The highest BCUT2D eigenvalue weighted by Gasteiger charge is 2.31. The van der Waals surface area contributed by atoms with E-state index in [1.54, 1.807) is 4.68 Å². The molecule has 0 spiro atoms. The number of carbonyl (C=O) groups excluding carboxylic acids is 1. The van der Waals surface area contributed by atoms with Crippen LogP contribution in [0, 0.1) is 0 Å². The van der Waals surface area contributed by atoms with Crippen LogP contribution in [0.1, 0.15) is 27.5 Å². The molecule has 26 heavy (non-hydrogen) atoms. The van der Waals surface area contributed by atoms with E-state index in [2.05, 4.69) is 15.4 Å². The van der Waals surface area contributed by atoms with Crippen molar-refractivity contribution >= 4 is 5.91 Å². The fourth-order valence-corrected chi connectivity index (χ4v) is 2.51. The fourth-order valence-electron chi connectivity index (χ4n) is 2.51. The van der Waals surface area contributed by atoms with Gasteiger partial charge >= 0.3 is 6.18 Å². The average molecular weight is 360 g/mol. The Bertz CT molecular complexity index is 864. The Labute approximate surface area is 147 Å². The van der Waals surface area contributed by atoms with Crippen molar-refractivity contribution in [1.82, 2.24) is 20.1 Å². The number of hydrogen-bond donors (Lipinski definition) is 1. The summed E-state index contributed by atoms with van der Waals surface area (Å²) in [6, 6.07) is 13.0. The van der Waals surface area contributed by atoms with E-state index < -0.39 is 23.7 Å². The van der Waals surface area contributed by atoms with Gasteiger partial charge in [0.1, 0.15) is 12.7 Å². The number of amides is 1. The maximum absolute atomic E-state index is 12.9. The standard InChI is InChI=1S/C18H15F3N4O/c19-18(20,21)15-8-4-7-14(9-15)17(26)24-16(10-25-12-22-11-23-25)13-5-2-1-3-6-13/h1-9,11-12,16H,10H2,(H,24,26). The van der Waals surface area contributed by atoms with E-state index in [0.29, 0.717) is 6.54 Å². The lowest BCUT2D eigenvalue weighted by Crippen LogP contribution is -2.31. The van der Waals surface area contributed by atoms with Gasteiger partial charge in [0.2, 0.25) is 0 Å². The zero-order valence-corrected chi connectivity index (χ0v) is 13.5. The van der Waals surface area contributed by atoms with Gasteiger partial charge in [0.15, 0.2) is 0 Å². The van der Waals surface area contributed by atoms with Gasteiger partial charge < -0.3 is 5.32 Å². The Hall–Kier alpha value is -3.16. The van der Waals surface area contributed by atoms with Crippen molar-refractivity contribution in [2.45, 2.75) is 18.8 Å². The van der Waals surface area contributed by atoms with E-state index in [-0.39, 0.29) is 5.56 Å². The molecule has 0 aliphatic carbocycles. The highest BCUT2D eigenvalue weighted by molar-refractivity contribution is 5.94. The van der Waals surface area contributed by atoms with E-state index in [9.17, 15) is 18.0 Å². The summed E-state index contributed by atoms with van der Waals surface area (Å²) >= 11 is 0. The summed E-state index contributed by atoms with van der Waals surface area (Å²) in [5, 5.41) is 6.79. The molecule has 3 aromatic rings. The molecular weight excluding hydrogens is 345 g/mol. The number of carbonyl (C=O) groups is 1. The SMILES string of the molecule is O=C(NC(Cn1cncn1)c1ccccc1)c1cccc(C(F)(F)F)c1. The molecular formula is C18H15F3N4O. The second-order valence-corrected chi connectivity index (χ2v) is 5.63. The molecule has 0 radical (unpaired) electrons. The molecule has 134 valence electrons. The summed E-state index contributed by atoms with van der Waals surface area (Å²) in [6.45, 7) is 0.300. The highest BCUT2D eigenvalue weighted by atomic mass is 19.4. The molecule has 8 heteroatoms. The second kappa shape index (κ2) is 7.38. The van der Waals surface area contributed by atoms with Crippen LogP contribution < -0.4 is 5.32 Å². The first-order chi connectivity index (χ1) is 12.4. The Morgan fingerprint density at radius 3 is 2.54 bits per heavy atom. The topological polar surface area (TPSA) is 59.8 Å². The summed E-state index contributed by atoms with van der Waals surface area (Å²) in [5.41, 5.74) is -0.111. The molecule has 1 heterocycles. The lowest BCUT2D eigenvalue weighted by atomic mass is 10.1. The van der Waals surface area contributed by atoms with Crippen molar-refractivity contribution in [3.8, 4) is 0 Å². The lowest BCUT2D eigenvalue weighted by molar-refractivity contribution is -0.137. The monoisotopic (exact) mass is 360 g/mol. The third-order valence-electron chi connectivity index (χ3n) is 3.80. The van der Waals surface area contributed by atoms with E-state index in [1.165, 1.54) is 24.8 Å². The number of hydrogen-bond acceptors (Lipinski definition) is 3. The third kappa shape index (κ3) is 4.27. The number of nitrogens with one attached hydrogen (secondary N) is 1. The summed E-state index contributed by atoms with van der Waals surface area (Å²) < 4.78 is 40.1. The van der Waals surface area contributed by atoms with Crippen LogP contribution in [0.15, 0.2) is 67.3 Å². The lowest BCUT2D eigenvalue weighted by Gasteiger charge is -2.19. The first kappa shape index (κ1) is 17.7. The molecule has 1 unspecified atom stereocenters. The molecule has 5 nitrogen and oxygen atoms in total. The van der Waals surface area contributed by atoms with Crippen molar-refractivity contribution in [3.63, 3.8) is 0 Å². The van der Waals surface area contributed by atoms with E-state index in [0.717, 1.165) is 17.7 Å². The number of benzene rings is 2. The number of nitrogens with zero attached hydrogens (tertiary/aromatic N) is 3. The fraction of sp³-hybridized carbons (Fsp3) is 0.167. The van der Waals surface area contributed by atoms with E-state index >= 15 is 0 Å². The molecule has 0 fully saturated rings. The molecule has 1 atom stereocenters. The van der Waals surface area contributed by atoms with Gasteiger partial charge in [-0.05, 0) is 23.8 Å². The number of aromatic nitrogens is 3. The zero-order chi connectivity index (χ0) is 18.6. The van der Waals surface area contributed by atoms with Gasteiger partial charge in [-0.15, -0.1) is 0 Å². The molecule has 0 saturated carbocycles. The predicted molar refractivity (Wildman–Crippen MR) is 88.1 cm³/mol. The van der Waals surface area contributed by atoms with Crippen molar-refractivity contribution in [2.75, 3.05) is 0 Å². The Balaban J connectivity index is 1.83. The molecule has 0 bridgehead atoms. The minimum absolute atomic E-state index is 0.0562. The minimum Gasteiger partial charge on any atom is -0.343 e. The van der Waals surface area contributed by atoms with Gasteiger partial charge in [-0.2, -0.15) is 18.3 Å². The zero-order valence-electron chi connectivity index (χ0n) is 13.5. The van der Waals surface area contributed by atoms with Gasteiger partial charge in [0, 0.05) is 5.56 Å². The number of alkyl halides is 3. The van der Waals surface area contributed by atoms with Crippen molar-refractivity contribution < 1.29 is 18.0 Å². The predicted octanol–water partition coefficient (Wildman–Crippen LogP) is 3.47. The van der Waals surface area contributed by atoms with Crippen LogP contribution in [0.2, 0.25) is 0 Å². The molecule has 3 rings (SSSR count). The molecule has 2 aromatic carbocycles. The normalized spacial score (nSPS) is 12.6. The van der Waals surface area contributed by atoms with Crippen molar-refractivity contribution in [1.29, 1.82) is 0 Å². The van der Waals surface area contributed by atoms with Gasteiger partial charge in [-0.1, -0.05) is 36.4 Å². The summed E-state index contributed by atoms with van der Waals surface area (Å²) in [4.78, 5) is 16.4. The number of halogens is 3. The van der Waals surface area contributed by atoms with Crippen LogP contribution in [-0.4, -0.2) is 20.7 Å². The Morgan fingerprint density at radius 1 is 1.12 bits per heavy atom. The van der Waals surface area contributed by atoms with Gasteiger partial charge in [-0.25, -0.2) is 4.98 Å². The highest BCUT2D eigenvalue weighted by Crippen LogP contribution is 2.29. The first-order valence-corrected chi connectivity index (χ1v) is 7.79.